The molecule has 0 atom stereocenters. The summed E-state index contributed by atoms with van der Waals surface area (Å²) in [5.41, 5.74) is 3.05. The van der Waals surface area contributed by atoms with E-state index in [-0.39, 0.29) is 5.56 Å². The number of imidazole rings is 1. The van der Waals surface area contributed by atoms with Crippen molar-refractivity contribution in [2.24, 2.45) is 0 Å². The van der Waals surface area contributed by atoms with Crippen LogP contribution >= 0.6 is 23.4 Å². The van der Waals surface area contributed by atoms with Crippen LogP contribution in [0, 0.1) is 0 Å². The minimum absolute atomic E-state index is 0.0809. The third-order valence-electron chi connectivity index (χ3n) is 3.40. The molecule has 0 aliphatic rings. The SMILES string of the molecule is O=c1cc(CSc2nc3ccc(Cl)cc3[nH]2)nc2ccccn12. The first-order chi connectivity index (χ1) is 11.2. The maximum atomic E-state index is 12.1. The summed E-state index contributed by atoms with van der Waals surface area (Å²) in [5.74, 6) is 0.564. The first kappa shape index (κ1) is 14.3. The van der Waals surface area contributed by atoms with Crippen molar-refractivity contribution in [2.75, 3.05) is 0 Å². The first-order valence-electron chi connectivity index (χ1n) is 6.94. The predicted octanol–water partition coefficient (Wildman–Crippen LogP) is 3.52. The van der Waals surface area contributed by atoms with Gasteiger partial charge in [-0.15, -0.1) is 0 Å². The minimum Gasteiger partial charge on any atom is -0.333 e. The molecule has 0 saturated heterocycles. The standard InChI is InChI=1S/C16H11ClN4OS/c17-10-4-5-12-13(7-10)20-16(19-12)23-9-11-8-15(22)21-6-2-1-3-14(21)18-11/h1-8H,9H2,(H,19,20). The third-order valence-corrected chi connectivity index (χ3v) is 4.54. The lowest BCUT2D eigenvalue weighted by atomic mass is 10.3. The van der Waals surface area contributed by atoms with Gasteiger partial charge >= 0.3 is 0 Å². The smallest absolute Gasteiger partial charge is 0.258 e. The number of pyridine rings is 1. The van der Waals surface area contributed by atoms with Gasteiger partial charge in [0.25, 0.3) is 5.56 Å². The Kier molecular flexibility index (Phi) is 3.55. The Hall–Kier alpha value is -2.31. The van der Waals surface area contributed by atoms with E-state index < -0.39 is 0 Å². The lowest BCUT2D eigenvalue weighted by molar-refractivity contribution is 1.01. The number of halogens is 1. The van der Waals surface area contributed by atoms with Gasteiger partial charge in [-0.3, -0.25) is 9.20 Å². The molecule has 5 nitrogen and oxygen atoms in total. The predicted molar refractivity (Wildman–Crippen MR) is 92.1 cm³/mol. The third kappa shape index (κ3) is 2.83. The molecule has 0 aliphatic heterocycles. The second-order valence-corrected chi connectivity index (χ2v) is 6.41. The second kappa shape index (κ2) is 5.72. The van der Waals surface area contributed by atoms with Crippen molar-refractivity contribution in [3.63, 3.8) is 0 Å². The van der Waals surface area contributed by atoms with Crippen LogP contribution in [0.25, 0.3) is 16.7 Å². The number of fused-ring (bicyclic) bond motifs is 2. The molecule has 0 spiro atoms. The summed E-state index contributed by atoms with van der Waals surface area (Å²) in [6, 6.07) is 12.6. The molecule has 1 aromatic carbocycles. The normalized spacial score (nSPS) is 11.3. The van der Waals surface area contributed by atoms with Crippen molar-refractivity contribution in [3.8, 4) is 0 Å². The molecule has 4 rings (SSSR count). The van der Waals surface area contributed by atoms with Crippen molar-refractivity contribution in [3.05, 3.63) is 69.7 Å². The fourth-order valence-electron chi connectivity index (χ4n) is 2.35. The van der Waals surface area contributed by atoms with Crippen LogP contribution in [0.4, 0.5) is 0 Å². The summed E-state index contributed by atoms with van der Waals surface area (Å²) in [6.07, 6.45) is 1.71. The molecule has 0 unspecified atom stereocenters. The Bertz CT molecular complexity index is 1070. The largest absolute Gasteiger partial charge is 0.333 e. The highest BCUT2D eigenvalue weighted by atomic mass is 35.5. The zero-order chi connectivity index (χ0) is 15.8. The number of aromatic amines is 1. The highest BCUT2D eigenvalue weighted by molar-refractivity contribution is 7.98. The Morgan fingerprint density at radius 3 is 3.00 bits per heavy atom. The molecular weight excluding hydrogens is 332 g/mol. The maximum Gasteiger partial charge on any atom is 0.258 e. The maximum absolute atomic E-state index is 12.1. The molecule has 23 heavy (non-hydrogen) atoms. The van der Waals surface area contributed by atoms with E-state index in [4.69, 9.17) is 11.6 Å². The molecular formula is C16H11ClN4OS. The van der Waals surface area contributed by atoms with E-state index in [0.717, 1.165) is 21.9 Å². The highest BCUT2D eigenvalue weighted by Crippen LogP contribution is 2.24. The summed E-state index contributed by atoms with van der Waals surface area (Å²) in [4.78, 5) is 24.3. The summed E-state index contributed by atoms with van der Waals surface area (Å²) in [7, 11) is 0. The monoisotopic (exact) mass is 342 g/mol. The van der Waals surface area contributed by atoms with Crippen LogP contribution in [0.15, 0.2) is 58.6 Å². The van der Waals surface area contributed by atoms with E-state index in [1.807, 2.05) is 36.4 Å². The summed E-state index contributed by atoms with van der Waals surface area (Å²) in [5, 5.41) is 1.44. The van der Waals surface area contributed by atoms with Gasteiger partial charge in [0.1, 0.15) is 5.65 Å². The first-order valence-corrected chi connectivity index (χ1v) is 8.31. The van der Waals surface area contributed by atoms with Crippen molar-refractivity contribution < 1.29 is 0 Å². The number of H-pyrrole nitrogens is 1. The molecule has 4 aromatic rings. The van der Waals surface area contributed by atoms with Crippen LogP contribution in [0.5, 0.6) is 0 Å². The summed E-state index contributed by atoms with van der Waals surface area (Å²) >= 11 is 7.47. The molecule has 0 bridgehead atoms. The van der Waals surface area contributed by atoms with Crippen molar-refractivity contribution in [1.82, 2.24) is 19.4 Å². The molecule has 0 amide bonds. The molecule has 7 heteroatoms. The van der Waals surface area contributed by atoms with Gasteiger partial charge < -0.3 is 4.98 Å². The molecule has 3 aromatic heterocycles. The van der Waals surface area contributed by atoms with Gasteiger partial charge in [-0.2, -0.15) is 0 Å². The number of thioether (sulfide) groups is 1. The van der Waals surface area contributed by atoms with Crippen LogP contribution in [-0.4, -0.2) is 19.4 Å². The fourth-order valence-corrected chi connectivity index (χ4v) is 3.30. The molecule has 0 fully saturated rings. The van der Waals surface area contributed by atoms with Gasteiger partial charge in [0.15, 0.2) is 5.16 Å². The average molecular weight is 343 g/mol. The average Bonchev–Trinajstić information content (AvgIpc) is 2.95. The quantitative estimate of drug-likeness (QED) is 0.579. The summed E-state index contributed by atoms with van der Waals surface area (Å²) in [6.45, 7) is 0. The topological polar surface area (TPSA) is 63.0 Å². The van der Waals surface area contributed by atoms with Crippen molar-refractivity contribution >= 4 is 40.0 Å². The minimum atomic E-state index is -0.0809. The molecule has 0 radical (unpaired) electrons. The second-order valence-electron chi connectivity index (χ2n) is 5.01. The highest BCUT2D eigenvalue weighted by Gasteiger charge is 2.07. The Balaban J connectivity index is 1.61. The molecule has 3 heterocycles. The summed E-state index contributed by atoms with van der Waals surface area (Å²) < 4.78 is 1.53. The Morgan fingerprint density at radius 2 is 2.09 bits per heavy atom. The van der Waals surface area contributed by atoms with Crippen LogP contribution < -0.4 is 5.56 Å². The number of rotatable bonds is 3. The van der Waals surface area contributed by atoms with Crippen LogP contribution in [0.1, 0.15) is 5.69 Å². The Morgan fingerprint density at radius 1 is 1.17 bits per heavy atom. The van der Waals surface area contributed by atoms with Gasteiger partial charge in [0.2, 0.25) is 0 Å². The number of hydrogen-bond acceptors (Lipinski definition) is 4. The van der Waals surface area contributed by atoms with E-state index in [2.05, 4.69) is 15.0 Å². The van der Waals surface area contributed by atoms with E-state index in [1.54, 1.807) is 12.3 Å². The molecule has 0 saturated carbocycles. The van der Waals surface area contributed by atoms with Crippen molar-refractivity contribution in [2.45, 2.75) is 10.9 Å². The lowest BCUT2D eigenvalue weighted by Crippen LogP contribution is -2.14. The van der Waals surface area contributed by atoms with Gasteiger partial charge in [-0.1, -0.05) is 29.4 Å². The number of benzene rings is 1. The van der Waals surface area contributed by atoms with Crippen LogP contribution in [0.3, 0.4) is 0 Å². The van der Waals surface area contributed by atoms with E-state index in [9.17, 15) is 4.79 Å². The van der Waals surface area contributed by atoms with Gasteiger partial charge in [0.05, 0.1) is 16.7 Å². The fraction of sp³-hybridized carbons (Fsp3) is 0.0625. The zero-order valence-electron chi connectivity index (χ0n) is 11.9. The number of nitrogens with one attached hydrogen (secondary N) is 1. The lowest BCUT2D eigenvalue weighted by Gasteiger charge is -2.02. The van der Waals surface area contributed by atoms with Gasteiger partial charge in [0, 0.05) is 23.0 Å². The molecule has 0 aliphatic carbocycles. The van der Waals surface area contributed by atoms with E-state index in [1.165, 1.54) is 16.2 Å². The van der Waals surface area contributed by atoms with Gasteiger partial charge in [-0.05, 0) is 30.3 Å². The zero-order valence-corrected chi connectivity index (χ0v) is 13.4. The molecule has 114 valence electrons. The van der Waals surface area contributed by atoms with Crippen molar-refractivity contribution in [1.29, 1.82) is 0 Å². The van der Waals surface area contributed by atoms with Gasteiger partial charge in [-0.25, -0.2) is 9.97 Å². The van der Waals surface area contributed by atoms with Crippen LogP contribution in [-0.2, 0) is 5.75 Å². The number of hydrogen-bond donors (Lipinski definition) is 1. The molecule has 1 N–H and O–H groups in total. The van der Waals surface area contributed by atoms with E-state index >= 15 is 0 Å². The number of aromatic nitrogens is 4. The number of nitrogens with zero attached hydrogens (tertiary/aromatic N) is 3. The van der Waals surface area contributed by atoms with E-state index in [0.29, 0.717) is 16.4 Å². The Labute approximate surface area is 140 Å². The van der Waals surface area contributed by atoms with Crippen LogP contribution in [0.2, 0.25) is 5.02 Å².